The predicted molar refractivity (Wildman–Crippen MR) is 62.1 cm³/mol. The first kappa shape index (κ1) is 10.5. The Kier molecular flexibility index (Phi) is 3.26. The molecule has 1 aliphatic heterocycles. The first-order chi connectivity index (χ1) is 7.25. The van der Waals surface area contributed by atoms with Gasteiger partial charge in [0.25, 0.3) is 0 Å². The fraction of sp³-hybridized carbons (Fsp3) is 0.727. The van der Waals surface area contributed by atoms with Gasteiger partial charge < -0.3 is 10.6 Å². The fourth-order valence-corrected chi connectivity index (χ4v) is 2.15. The molecule has 0 amide bonds. The molecular formula is C11H20N4. The molecule has 0 aromatic carbocycles. The van der Waals surface area contributed by atoms with E-state index in [1.807, 2.05) is 18.7 Å². The van der Waals surface area contributed by atoms with Gasteiger partial charge in [-0.15, -0.1) is 0 Å². The Morgan fingerprint density at radius 3 is 3.13 bits per heavy atom. The highest BCUT2D eigenvalue weighted by molar-refractivity contribution is 5.36. The van der Waals surface area contributed by atoms with Crippen LogP contribution >= 0.6 is 0 Å². The normalized spacial score (nSPS) is 20.8. The van der Waals surface area contributed by atoms with Gasteiger partial charge in [0, 0.05) is 25.7 Å². The molecule has 4 nitrogen and oxygen atoms in total. The smallest absolute Gasteiger partial charge is 0.124 e. The number of nitrogens with one attached hydrogen (secondary N) is 2. The molecule has 1 saturated heterocycles. The number of nitrogens with zero attached hydrogens (tertiary/aromatic N) is 2. The molecule has 0 bridgehead atoms. The van der Waals surface area contributed by atoms with Crippen LogP contribution in [0.15, 0.2) is 6.07 Å². The van der Waals surface area contributed by atoms with Crippen LogP contribution < -0.4 is 10.6 Å². The lowest BCUT2D eigenvalue weighted by atomic mass is 10.1. The average molecular weight is 208 g/mol. The van der Waals surface area contributed by atoms with Crippen molar-refractivity contribution >= 4 is 5.82 Å². The summed E-state index contributed by atoms with van der Waals surface area (Å²) in [6.07, 6.45) is 3.85. The highest BCUT2D eigenvalue weighted by atomic mass is 15.3. The Labute approximate surface area is 91.1 Å². The minimum atomic E-state index is 0.715. The van der Waals surface area contributed by atoms with Crippen LogP contribution in [-0.2, 0) is 7.05 Å². The summed E-state index contributed by atoms with van der Waals surface area (Å²) in [6.45, 7) is 4.23. The van der Waals surface area contributed by atoms with Gasteiger partial charge in [0.1, 0.15) is 5.82 Å². The number of hydrogen-bond donors (Lipinski definition) is 2. The second-order valence-electron chi connectivity index (χ2n) is 4.30. The number of anilines is 1. The summed E-state index contributed by atoms with van der Waals surface area (Å²) in [5.74, 6) is 1.12. The second-order valence-corrected chi connectivity index (χ2v) is 4.30. The summed E-state index contributed by atoms with van der Waals surface area (Å²) in [7, 11) is 1.98. The third-order valence-electron chi connectivity index (χ3n) is 2.96. The van der Waals surface area contributed by atoms with Gasteiger partial charge in [-0.1, -0.05) is 0 Å². The molecule has 0 radical (unpaired) electrons. The van der Waals surface area contributed by atoms with Gasteiger partial charge in [-0.2, -0.15) is 5.10 Å². The van der Waals surface area contributed by atoms with E-state index < -0.39 is 0 Å². The molecule has 1 unspecified atom stereocenters. The van der Waals surface area contributed by atoms with E-state index in [4.69, 9.17) is 0 Å². The van der Waals surface area contributed by atoms with Crippen LogP contribution in [-0.4, -0.2) is 28.9 Å². The van der Waals surface area contributed by atoms with E-state index in [0.29, 0.717) is 6.04 Å². The highest BCUT2D eigenvalue weighted by Gasteiger charge is 2.13. The Bertz CT molecular complexity index is 312. The van der Waals surface area contributed by atoms with E-state index in [2.05, 4.69) is 21.8 Å². The molecule has 1 fully saturated rings. The summed E-state index contributed by atoms with van der Waals surface area (Å²) < 4.78 is 1.90. The van der Waals surface area contributed by atoms with Gasteiger partial charge in [0.2, 0.25) is 0 Å². The zero-order valence-corrected chi connectivity index (χ0v) is 9.58. The molecule has 2 N–H and O–H groups in total. The van der Waals surface area contributed by atoms with Gasteiger partial charge in [-0.3, -0.25) is 4.68 Å². The Balaban J connectivity index is 1.75. The molecule has 0 spiro atoms. The van der Waals surface area contributed by atoms with Crippen LogP contribution in [0.2, 0.25) is 0 Å². The molecule has 2 heterocycles. The molecule has 15 heavy (non-hydrogen) atoms. The molecule has 1 aromatic heterocycles. The maximum Gasteiger partial charge on any atom is 0.124 e. The summed E-state index contributed by atoms with van der Waals surface area (Å²) in [6, 6.07) is 2.80. The maximum atomic E-state index is 4.30. The summed E-state index contributed by atoms with van der Waals surface area (Å²) >= 11 is 0. The molecule has 1 aliphatic rings. The summed E-state index contributed by atoms with van der Waals surface area (Å²) in [5, 5.41) is 11.2. The summed E-state index contributed by atoms with van der Waals surface area (Å²) in [4.78, 5) is 0. The third-order valence-corrected chi connectivity index (χ3v) is 2.96. The van der Waals surface area contributed by atoms with Crippen LogP contribution in [0.5, 0.6) is 0 Å². The van der Waals surface area contributed by atoms with E-state index in [-0.39, 0.29) is 0 Å². The lowest BCUT2D eigenvalue weighted by Gasteiger charge is -2.11. The molecular weight excluding hydrogens is 188 g/mol. The number of hydrogen-bond acceptors (Lipinski definition) is 3. The summed E-state index contributed by atoms with van der Waals surface area (Å²) in [5.41, 5.74) is 1.07. The standard InChI is InChI=1S/C11H20N4/c1-9-8-11(15(2)14-9)13-7-5-10-4-3-6-12-10/h8,10,12-13H,3-7H2,1-2H3. The lowest BCUT2D eigenvalue weighted by molar-refractivity contribution is 0.573. The average Bonchev–Trinajstić information content (AvgIpc) is 2.77. The third kappa shape index (κ3) is 2.72. The highest BCUT2D eigenvalue weighted by Crippen LogP contribution is 2.11. The van der Waals surface area contributed by atoms with Crippen molar-refractivity contribution < 1.29 is 0 Å². The lowest BCUT2D eigenvalue weighted by Crippen LogP contribution is -2.24. The topological polar surface area (TPSA) is 41.9 Å². The van der Waals surface area contributed by atoms with Crippen molar-refractivity contribution in [3.8, 4) is 0 Å². The number of aromatic nitrogens is 2. The maximum absolute atomic E-state index is 4.30. The van der Waals surface area contributed by atoms with Gasteiger partial charge >= 0.3 is 0 Å². The van der Waals surface area contributed by atoms with Gasteiger partial charge in [0.15, 0.2) is 0 Å². The molecule has 1 aromatic rings. The van der Waals surface area contributed by atoms with E-state index in [0.717, 1.165) is 18.1 Å². The van der Waals surface area contributed by atoms with Crippen LogP contribution in [0.3, 0.4) is 0 Å². The SMILES string of the molecule is Cc1cc(NCCC2CCCN2)n(C)n1. The van der Waals surface area contributed by atoms with Crippen molar-refractivity contribution in [1.82, 2.24) is 15.1 Å². The van der Waals surface area contributed by atoms with Gasteiger partial charge in [-0.05, 0) is 32.7 Å². The first-order valence-electron chi connectivity index (χ1n) is 5.73. The Morgan fingerprint density at radius 1 is 1.67 bits per heavy atom. The molecule has 84 valence electrons. The van der Waals surface area contributed by atoms with Crippen molar-refractivity contribution in [3.63, 3.8) is 0 Å². The van der Waals surface area contributed by atoms with Crippen molar-refractivity contribution in [2.75, 3.05) is 18.4 Å². The minimum absolute atomic E-state index is 0.715. The number of aryl methyl sites for hydroxylation is 2. The molecule has 4 heteroatoms. The largest absolute Gasteiger partial charge is 0.370 e. The van der Waals surface area contributed by atoms with Gasteiger partial charge in [0.05, 0.1) is 5.69 Å². The first-order valence-corrected chi connectivity index (χ1v) is 5.73. The predicted octanol–water partition coefficient (Wildman–Crippen LogP) is 1.28. The van der Waals surface area contributed by atoms with E-state index in [1.165, 1.54) is 25.8 Å². The second kappa shape index (κ2) is 4.66. The van der Waals surface area contributed by atoms with Crippen molar-refractivity contribution in [3.05, 3.63) is 11.8 Å². The molecule has 0 aliphatic carbocycles. The molecule has 2 rings (SSSR count). The van der Waals surface area contributed by atoms with Crippen molar-refractivity contribution in [1.29, 1.82) is 0 Å². The van der Waals surface area contributed by atoms with Gasteiger partial charge in [-0.25, -0.2) is 0 Å². The zero-order valence-electron chi connectivity index (χ0n) is 9.58. The zero-order chi connectivity index (χ0) is 10.7. The fourth-order valence-electron chi connectivity index (χ4n) is 2.15. The quantitative estimate of drug-likeness (QED) is 0.783. The molecule has 0 saturated carbocycles. The van der Waals surface area contributed by atoms with E-state index >= 15 is 0 Å². The molecule has 1 atom stereocenters. The Hall–Kier alpha value is -1.03. The van der Waals surface area contributed by atoms with E-state index in [9.17, 15) is 0 Å². The minimum Gasteiger partial charge on any atom is -0.370 e. The van der Waals surface area contributed by atoms with Crippen LogP contribution in [0.4, 0.5) is 5.82 Å². The van der Waals surface area contributed by atoms with Crippen molar-refractivity contribution in [2.24, 2.45) is 7.05 Å². The monoisotopic (exact) mass is 208 g/mol. The Morgan fingerprint density at radius 2 is 2.53 bits per heavy atom. The van der Waals surface area contributed by atoms with Crippen LogP contribution in [0.25, 0.3) is 0 Å². The van der Waals surface area contributed by atoms with Crippen LogP contribution in [0, 0.1) is 6.92 Å². The van der Waals surface area contributed by atoms with Crippen LogP contribution in [0.1, 0.15) is 25.0 Å². The van der Waals surface area contributed by atoms with Crippen molar-refractivity contribution in [2.45, 2.75) is 32.2 Å². The number of rotatable bonds is 4. The van der Waals surface area contributed by atoms with E-state index in [1.54, 1.807) is 0 Å².